The maximum Gasteiger partial charge on any atom is 0.274 e. The molecule has 1 heterocycles. The van der Waals surface area contributed by atoms with Gasteiger partial charge in [0, 0.05) is 17.3 Å². The molecule has 0 radical (unpaired) electrons. The molecule has 1 amide bonds. The van der Waals surface area contributed by atoms with Crippen molar-refractivity contribution in [3.05, 3.63) is 72.1 Å². The van der Waals surface area contributed by atoms with Crippen molar-refractivity contribution >= 4 is 28.8 Å². The monoisotopic (exact) mass is 391 g/mol. The van der Waals surface area contributed by atoms with Crippen LogP contribution in [0.3, 0.4) is 0 Å². The predicted octanol–water partition coefficient (Wildman–Crippen LogP) is 4.30. The maximum absolute atomic E-state index is 12.5. The van der Waals surface area contributed by atoms with Crippen molar-refractivity contribution in [3.8, 4) is 11.5 Å². The highest BCUT2D eigenvalue weighted by molar-refractivity contribution is 6.03. The van der Waals surface area contributed by atoms with Gasteiger partial charge in [-0.2, -0.15) is 0 Å². The number of aromatic nitrogens is 1. The first kappa shape index (κ1) is 19.9. The first-order valence-electron chi connectivity index (χ1n) is 8.87. The van der Waals surface area contributed by atoms with Crippen LogP contribution in [0.4, 0.5) is 17.1 Å². The van der Waals surface area contributed by atoms with E-state index >= 15 is 0 Å². The fourth-order valence-electron chi connectivity index (χ4n) is 2.67. The van der Waals surface area contributed by atoms with Crippen molar-refractivity contribution in [2.75, 3.05) is 24.9 Å². The van der Waals surface area contributed by atoms with Crippen molar-refractivity contribution in [1.29, 1.82) is 0 Å². The van der Waals surface area contributed by atoms with Gasteiger partial charge in [-0.1, -0.05) is 12.1 Å². The molecule has 7 nitrogen and oxygen atoms in total. The summed E-state index contributed by atoms with van der Waals surface area (Å²) in [4.78, 5) is 28.2. The number of amides is 1. The molecular weight excluding hydrogens is 370 g/mol. The van der Waals surface area contributed by atoms with Crippen LogP contribution in [-0.2, 0) is 0 Å². The van der Waals surface area contributed by atoms with Gasteiger partial charge in [0.15, 0.2) is 5.78 Å². The highest BCUT2D eigenvalue weighted by Gasteiger charge is 2.12. The van der Waals surface area contributed by atoms with E-state index in [1.807, 2.05) is 6.07 Å². The van der Waals surface area contributed by atoms with Crippen molar-refractivity contribution in [3.63, 3.8) is 0 Å². The number of benzene rings is 2. The average molecular weight is 391 g/mol. The number of nitrogens with one attached hydrogen (secondary N) is 2. The van der Waals surface area contributed by atoms with Crippen LogP contribution in [0.1, 0.15) is 27.8 Å². The Kier molecular flexibility index (Phi) is 6.09. The van der Waals surface area contributed by atoms with Gasteiger partial charge in [0.05, 0.1) is 31.8 Å². The maximum atomic E-state index is 12.5. The van der Waals surface area contributed by atoms with Crippen LogP contribution in [0.5, 0.6) is 11.5 Å². The van der Waals surface area contributed by atoms with Crippen LogP contribution in [0.15, 0.2) is 60.8 Å². The lowest BCUT2D eigenvalue weighted by molar-refractivity contribution is 0.101. The molecule has 1 aromatic heterocycles. The van der Waals surface area contributed by atoms with Crippen molar-refractivity contribution < 1.29 is 19.1 Å². The number of hydrogen-bond donors (Lipinski definition) is 2. The van der Waals surface area contributed by atoms with E-state index in [0.29, 0.717) is 28.4 Å². The molecule has 2 N–H and O–H groups in total. The van der Waals surface area contributed by atoms with E-state index in [4.69, 9.17) is 9.47 Å². The van der Waals surface area contributed by atoms with Crippen LogP contribution in [0.2, 0.25) is 0 Å². The van der Waals surface area contributed by atoms with E-state index in [1.54, 1.807) is 61.8 Å². The van der Waals surface area contributed by atoms with E-state index in [0.717, 1.165) is 5.69 Å². The number of carbonyl (C=O) groups is 2. The Morgan fingerprint density at radius 1 is 0.931 bits per heavy atom. The van der Waals surface area contributed by atoms with Crippen molar-refractivity contribution in [2.24, 2.45) is 0 Å². The fraction of sp³-hybridized carbons (Fsp3) is 0.136. The van der Waals surface area contributed by atoms with Crippen LogP contribution in [0, 0.1) is 0 Å². The molecular formula is C22H21N3O4. The Hall–Kier alpha value is -3.87. The number of rotatable bonds is 7. The fourth-order valence-corrected chi connectivity index (χ4v) is 2.67. The van der Waals surface area contributed by atoms with E-state index < -0.39 is 0 Å². The van der Waals surface area contributed by atoms with Crippen LogP contribution < -0.4 is 20.1 Å². The van der Waals surface area contributed by atoms with Gasteiger partial charge in [-0.25, -0.2) is 4.98 Å². The lowest BCUT2D eigenvalue weighted by atomic mass is 10.1. The molecule has 7 heteroatoms. The SMILES string of the molecule is COc1ccc(NC(=O)c2ccc(Nc3cccc(C(C)=O)c3)cn2)c(OC)c1. The van der Waals surface area contributed by atoms with E-state index in [-0.39, 0.29) is 17.4 Å². The normalized spacial score (nSPS) is 10.2. The first-order valence-corrected chi connectivity index (χ1v) is 8.87. The molecule has 0 aliphatic heterocycles. The second-order valence-corrected chi connectivity index (χ2v) is 6.21. The van der Waals surface area contributed by atoms with Crippen molar-refractivity contribution in [2.45, 2.75) is 6.92 Å². The van der Waals surface area contributed by atoms with Gasteiger partial charge >= 0.3 is 0 Å². The number of nitrogens with zero attached hydrogens (tertiary/aromatic N) is 1. The van der Waals surface area contributed by atoms with Crippen LogP contribution in [-0.4, -0.2) is 30.9 Å². The second kappa shape index (κ2) is 8.88. The molecule has 0 aliphatic rings. The molecule has 0 unspecified atom stereocenters. The summed E-state index contributed by atoms with van der Waals surface area (Å²) in [6, 6.07) is 15.6. The van der Waals surface area contributed by atoms with E-state index in [2.05, 4.69) is 15.6 Å². The first-order chi connectivity index (χ1) is 14.0. The third-order valence-corrected chi connectivity index (χ3v) is 4.21. The summed E-state index contributed by atoms with van der Waals surface area (Å²) >= 11 is 0. The quantitative estimate of drug-likeness (QED) is 0.584. The third-order valence-electron chi connectivity index (χ3n) is 4.21. The third kappa shape index (κ3) is 4.90. The summed E-state index contributed by atoms with van der Waals surface area (Å²) in [6.45, 7) is 1.52. The van der Waals surface area contributed by atoms with Gasteiger partial charge < -0.3 is 20.1 Å². The highest BCUT2D eigenvalue weighted by Crippen LogP contribution is 2.29. The Bertz CT molecular complexity index is 1030. The highest BCUT2D eigenvalue weighted by atomic mass is 16.5. The largest absolute Gasteiger partial charge is 0.497 e. The predicted molar refractivity (Wildman–Crippen MR) is 111 cm³/mol. The lowest BCUT2D eigenvalue weighted by Crippen LogP contribution is -2.14. The summed E-state index contributed by atoms with van der Waals surface area (Å²) < 4.78 is 10.4. The number of carbonyl (C=O) groups excluding carboxylic acids is 2. The number of hydrogen-bond acceptors (Lipinski definition) is 6. The Labute approximate surface area is 168 Å². The van der Waals surface area contributed by atoms with E-state index in [1.165, 1.54) is 14.0 Å². The summed E-state index contributed by atoms with van der Waals surface area (Å²) in [6.07, 6.45) is 1.56. The minimum atomic E-state index is -0.362. The number of Topliss-reactive ketones (excluding diaryl/α,β-unsaturated/α-hetero) is 1. The molecule has 0 saturated heterocycles. The topological polar surface area (TPSA) is 89.6 Å². The van der Waals surface area contributed by atoms with Gasteiger partial charge in [-0.05, 0) is 43.3 Å². The lowest BCUT2D eigenvalue weighted by Gasteiger charge is -2.12. The number of pyridine rings is 1. The molecule has 3 aromatic rings. The standard InChI is InChI=1S/C22H21N3O4/c1-14(26)15-5-4-6-16(11-15)24-17-7-9-20(23-13-17)22(27)25-19-10-8-18(28-2)12-21(19)29-3/h4-13,24H,1-3H3,(H,25,27). The number of ketones is 1. The zero-order valence-corrected chi connectivity index (χ0v) is 16.4. The minimum Gasteiger partial charge on any atom is -0.497 e. The van der Waals surface area contributed by atoms with Crippen LogP contribution in [0.25, 0.3) is 0 Å². The van der Waals surface area contributed by atoms with Gasteiger partial charge in [0.25, 0.3) is 5.91 Å². The van der Waals surface area contributed by atoms with Gasteiger partial charge in [-0.3, -0.25) is 9.59 Å². The van der Waals surface area contributed by atoms with Gasteiger partial charge in [-0.15, -0.1) is 0 Å². The summed E-state index contributed by atoms with van der Waals surface area (Å²) in [5.74, 6) is 0.745. The van der Waals surface area contributed by atoms with Gasteiger partial charge in [0.2, 0.25) is 0 Å². The zero-order chi connectivity index (χ0) is 20.8. The Balaban J connectivity index is 1.71. The minimum absolute atomic E-state index is 0.00671. The Morgan fingerprint density at radius 3 is 2.41 bits per heavy atom. The molecule has 148 valence electrons. The zero-order valence-electron chi connectivity index (χ0n) is 16.4. The Morgan fingerprint density at radius 2 is 1.76 bits per heavy atom. The van der Waals surface area contributed by atoms with Gasteiger partial charge in [0.1, 0.15) is 17.2 Å². The summed E-state index contributed by atoms with van der Waals surface area (Å²) in [5.41, 5.74) is 2.85. The smallest absolute Gasteiger partial charge is 0.274 e. The number of anilines is 3. The molecule has 3 rings (SSSR count). The molecule has 0 saturated carbocycles. The molecule has 0 bridgehead atoms. The van der Waals surface area contributed by atoms with Crippen LogP contribution >= 0.6 is 0 Å². The average Bonchev–Trinajstić information content (AvgIpc) is 2.74. The molecule has 29 heavy (non-hydrogen) atoms. The van der Waals surface area contributed by atoms with E-state index in [9.17, 15) is 9.59 Å². The van der Waals surface area contributed by atoms with Crippen molar-refractivity contribution in [1.82, 2.24) is 4.98 Å². The summed E-state index contributed by atoms with van der Waals surface area (Å²) in [5, 5.41) is 5.94. The second-order valence-electron chi connectivity index (χ2n) is 6.21. The number of methoxy groups -OCH3 is 2. The molecule has 0 aliphatic carbocycles. The molecule has 0 fully saturated rings. The number of ether oxygens (including phenoxy) is 2. The molecule has 0 spiro atoms. The summed E-state index contributed by atoms with van der Waals surface area (Å²) in [7, 11) is 3.08. The molecule has 0 atom stereocenters. The molecule has 2 aromatic carbocycles.